The van der Waals surface area contributed by atoms with Crippen molar-refractivity contribution in [3.63, 3.8) is 0 Å². The summed E-state index contributed by atoms with van der Waals surface area (Å²) in [7, 11) is 0. The summed E-state index contributed by atoms with van der Waals surface area (Å²) < 4.78 is 18.2. The van der Waals surface area contributed by atoms with Crippen molar-refractivity contribution in [2.24, 2.45) is 0 Å². The summed E-state index contributed by atoms with van der Waals surface area (Å²) in [6, 6.07) is 6.59. The van der Waals surface area contributed by atoms with Crippen LogP contribution in [0.4, 0.5) is 10.1 Å². The molecule has 4 nitrogen and oxygen atoms in total. The molecular formula is C16H23FN2O2. The summed E-state index contributed by atoms with van der Waals surface area (Å²) in [5.74, 6) is -0.208. The van der Waals surface area contributed by atoms with Crippen molar-refractivity contribution < 1.29 is 14.2 Å². The summed E-state index contributed by atoms with van der Waals surface area (Å²) in [6.45, 7) is 8.53. The molecule has 1 aromatic rings. The molecule has 2 rings (SSSR count). The smallest absolute Gasteiger partial charge is 0.123 e. The second-order valence-corrected chi connectivity index (χ2v) is 5.24. The minimum absolute atomic E-state index is 0.208. The van der Waals surface area contributed by atoms with Crippen molar-refractivity contribution in [3.05, 3.63) is 42.7 Å². The lowest BCUT2D eigenvalue weighted by Crippen LogP contribution is -2.49. The molecule has 1 fully saturated rings. The van der Waals surface area contributed by atoms with Crippen molar-refractivity contribution in [1.82, 2.24) is 4.90 Å². The van der Waals surface area contributed by atoms with Crippen LogP contribution >= 0.6 is 0 Å². The molecule has 1 aliphatic heterocycles. The zero-order chi connectivity index (χ0) is 15.1. The van der Waals surface area contributed by atoms with E-state index in [2.05, 4.69) is 16.4 Å². The van der Waals surface area contributed by atoms with Crippen LogP contribution < -0.4 is 4.90 Å². The molecule has 116 valence electrons. The third-order valence-corrected chi connectivity index (χ3v) is 3.58. The summed E-state index contributed by atoms with van der Waals surface area (Å²) in [4.78, 5) is 4.46. The molecule has 1 aromatic carbocycles. The number of piperazine rings is 1. The highest BCUT2D eigenvalue weighted by molar-refractivity contribution is 5.46. The summed E-state index contributed by atoms with van der Waals surface area (Å²) in [5.41, 5.74) is 1.05. The predicted octanol–water partition coefficient (Wildman–Crippen LogP) is 1.51. The van der Waals surface area contributed by atoms with Gasteiger partial charge >= 0.3 is 0 Å². The van der Waals surface area contributed by atoms with E-state index in [0.717, 1.165) is 31.9 Å². The van der Waals surface area contributed by atoms with Gasteiger partial charge in [0, 0.05) is 38.4 Å². The van der Waals surface area contributed by atoms with E-state index in [4.69, 9.17) is 4.74 Å². The fraction of sp³-hybridized carbons (Fsp3) is 0.500. The lowest BCUT2D eigenvalue weighted by atomic mass is 10.2. The Balaban J connectivity index is 1.72. The molecular weight excluding hydrogens is 271 g/mol. The number of halogens is 1. The number of hydrogen-bond acceptors (Lipinski definition) is 4. The fourth-order valence-corrected chi connectivity index (χ4v) is 2.48. The lowest BCUT2D eigenvalue weighted by Gasteiger charge is -2.36. The van der Waals surface area contributed by atoms with E-state index >= 15 is 0 Å². The minimum atomic E-state index is -0.470. The van der Waals surface area contributed by atoms with Crippen LogP contribution in [-0.4, -0.2) is 62.0 Å². The Labute approximate surface area is 125 Å². The molecule has 21 heavy (non-hydrogen) atoms. The van der Waals surface area contributed by atoms with Gasteiger partial charge in [-0.3, -0.25) is 4.90 Å². The topological polar surface area (TPSA) is 35.9 Å². The molecule has 0 saturated carbocycles. The molecule has 1 heterocycles. The van der Waals surface area contributed by atoms with Crippen molar-refractivity contribution in [3.8, 4) is 0 Å². The van der Waals surface area contributed by atoms with Crippen LogP contribution in [0.15, 0.2) is 36.9 Å². The van der Waals surface area contributed by atoms with Gasteiger partial charge in [0.15, 0.2) is 0 Å². The number of anilines is 1. The van der Waals surface area contributed by atoms with Crippen LogP contribution in [-0.2, 0) is 4.74 Å². The molecule has 1 saturated heterocycles. The van der Waals surface area contributed by atoms with Gasteiger partial charge in [-0.25, -0.2) is 4.39 Å². The molecule has 0 aliphatic carbocycles. The van der Waals surface area contributed by atoms with Gasteiger partial charge in [-0.2, -0.15) is 0 Å². The van der Waals surface area contributed by atoms with Gasteiger partial charge < -0.3 is 14.7 Å². The molecule has 1 N–H and O–H groups in total. The van der Waals surface area contributed by atoms with Crippen LogP contribution in [0.25, 0.3) is 0 Å². The Kier molecular flexibility index (Phi) is 6.17. The first-order valence-corrected chi connectivity index (χ1v) is 7.28. The van der Waals surface area contributed by atoms with Crippen LogP contribution in [0.1, 0.15) is 0 Å². The Morgan fingerprint density at radius 3 is 2.52 bits per heavy atom. The van der Waals surface area contributed by atoms with Gasteiger partial charge in [-0.1, -0.05) is 6.08 Å². The zero-order valence-electron chi connectivity index (χ0n) is 12.2. The van der Waals surface area contributed by atoms with Crippen molar-refractivity contribution >= 4 is 5.69 Å². The van der Waals surface area contributed by atoms with E-state index < -0.39 is 6.10 Å². The first kappa shape index (κ1) is 15.9. The molecule has 0 radical (unpaired) electrons. The highest BCUT2D eigenvalue weighted by Gasteiger charge is 2.19. The largest absolute Gasteiger partial charge is 0.389 e. The first-order chi connectivity index (χ1) is 10.2. The van der Waals surface area contributed by atoms with Crippen molar-refractivity contribution in [2.75, 3.05) is 50.8 Å². The average Bonchev–Trinajstić information content (AvgIpc) is 2.49. The zero-order valence-corrected chi connectivity index (χ0v) is 12.2. The molecule has 1 atom stereocenters. The average molecular weight is 294 g/mol. The molecule has 1 aliphatic rings. The quantitative estimate of drug-likeness (QED) is 0.611. The Morgan fingerprint density at radius 2 is 1.90 bits per heavy atom. The first-order valence-electron chi connectivity index (χ1n) is 7.28. The number of aliphatic hydroxyl groups is 1. The molecule has 0 amide bonds. The molecule has 0 unspecified atom stereocenters. The number of β-amino-alcohol motifs (C(OH)–C–C–N with tert-alkyl or cyclic N) is 1. The monoisotopic (exact) mass is 294 g/mol. The number of ether oxygens (including phenoxy) is 1. The maximum atomic E-state index is 12.9. The second-order valence-electron chi connectivity index (χ2n) is 5.24. The van der Waals surface area contributed by atoms with Gasteiger partial charge in [-0.05, 0) is 24.3 Å². The van der Waals surface area contributed by atoms with Crippen LogP contribution in [0.5, 0.6) is 0 Å². The van der Waals surface area contributed by atoms with E-state index in [-0.39, 0.29) is 5.82 Å². The normalized spacial score (nSPS) is 17.7. The molecule has 5 heteroatoms. The number of rotatable bonds is 7. The maximum absolute atomic E-state index is 12.9. The van der Waals surface area contributed by atoms with Crippen LogP contribution in [0, 0.1) is 5.82 Å². The van der Waals surface area contributed by atoms with Crippen LogP contribution in [0.3, 0.4) is 0 Å². The lowest BCUT2D eigenvalue weighted by molar-refractivity contribution is 0.0252. The Morgan fingerprint density at radius 1 is 1.24 bits per heavy atom. The van der Waals surface area contributed by atoms with Crippen molar-refractivity contribution in [2.45, 2.75) is 6.10 Å². The van der Waals surface area contributed by atoms with Gasteiger partial charge in [0.25, 0.3) is 0 Å². The molecule has 0 aromatic heterocycles. The SMILES string of the molecule is C=CCOC[C@@H](O)CN1CCN(c2ccc(F)cc2)CC1. The standard InChI is InChI=1S/C16H23FN2O2/c1-2-11-21-13-16(20)12-18-7-9-19(10-8-18)15-5-3-14(17)4-6-15/h2-6,16,20H,1,7-13H2/t16-/m0/s1. The number of aliphatic hydroxyl groups excluding tert-OH is 1. The highest BCUT2D eigenvalue weighted by Crippen LogP contribution is 2.16. The van der Waals surface area contributed by atoms with Crippen molar-refractivity contribution in [1.29, 1.82) is 0 Å². The maximum Gasteiger partial charge on any atom is 0.123 e. The number of nitrogens with zero attached hydrogens (tertiary/aromatic N) is 2. The van der Waals surface area contributed by atoms with Gasteiger partial charge in [-0.15, -0.1) is 6.58 Å². The minimum Gasteiger partial charge on any atom is -0.389 e. The van der Waals surface area contributed by atoms with E-state index in [1.54, 1.807) is 6.08 Å². The van der Waals surface area contributed by atoms with Gasteiger partial charge in [0.05, 0.1) is 19.3 Å². The number of benzene rings is 1. The highest BCUT2D eigenvalue weighted by atomic mass is 19.1. The second kappa shape index (κ2) is 8.12. The van der Waals surface area contributed by atoms with Crippen LogP contribution in [0.2, 0.25) is 0 Å². The van der Waals surface area contributed by atoms with E-state index in [1.807, 2.05) is 12.1 Å². The third-order valence-electron chi connectivity index (χ3n) is 3.58. The number of hydrogen-bond donors (Lipinski definition) is 1. The molecule has 0 bridgehead atoms. The fourth-order valence-electron chi connectivity index (χ4n) is 2.48. The van der Waals surface area contributed by atoms with Gasteiger partial charge in [0.1, 0.15) is 5.82 Å². The third kappa shape index (κ3) is 5.12. The predicted molar refractivity (Wildman–Crippen MR) is 82.1 cm³/mol. The van der Waals surface area contributed by atoms with E-state index in [0.29, 0.717) is 19.8 Å². The van der Waals surface area contributed by atoms with E-state index in [9.17, 15) is 9.50 Å². The summed E-state index contributed by atoms with van der Waals surface area (Å²) >= 11 is 0. The van der Waals surface area contributed by atoms with Gasteiger partial charge in [0.2, 0.25) is 0 Å². The summed E-state index contributed by atoms with van der Waals surface area (Å²) in [5, 5.41) is 9.89. The summed E-state index contributed by atoms with van der Waals surface area (Å²) in [6.07, 6.45) is 1.20. The Bertz CT molecular complexity index is 430. The van der Waals surface area contributed by atoms with E-state index in [1.165, 1.54) is 12.1 Å². The Hall–Kier alpha value is -1.43. The molecule has 0 spiro atoms.